The fourth-order valence-electron chi connectivity index (χ4n) is 1.24. The average Bonchev–Trinajstić information content (AvgIpc) is 2.17. The molecule has 1 rings (SSSR count). The van der Waals surface area contributed by atoms with Crippen LogP contribution in [0.15, 0.2) is 0 Å². The van der Waals surface area contributed by atoms with Gasteiger partial charge in [0.15, 0.2) is 0 Å². The number of nitrogens with two attached hydrogens (primary N) is 1. The van der Waals surface area contributed by atoms with E-state index in [9.17, 15) is 0 Å². The second-order valence-electron chi connectivity index (χ2n) is 2.61. The monoisotopic (exact) mass is 143 g/mol. The minimum atomic E-state index is 0.250. The van der Waals surface area contributed by atoms with Crippen molar-refractivity contribution < 1.29 is 4.79 Å². The minimum absolute atomic E-state index is 0.250. The zero-order valence-electron chi connectivity index (χ0n) is 6.51. The first kappa shape index (κ1) is 9.47. The van der Waals surface area contributed by atoms with Crippen molar-refractivity contribution in [2.24, 2.45) is 5.73 Å². The number of hydrogen-bond donors (Lipinski definition) is 1. The number of rotatable bonds is 0. The number of amides is 1. The average molecular weight is 143 g/mol. The Morgan fingerprint density at radius 1 is 0.800 bits per heavy atom. The Morgan fingerprint density at radius 3 is 1.00 bits per heavy atom. The first-order valence-electron chi connectivity index (χ1n) is 4.07. The fourth-order valence-corrected chi connectivity index (χ4v) is 1.24. The first-order chi connectivity index (χ1) is 4.91. The molecule has 10 heavy (non-hydrogen) atoms. The molecular weight excluding hydrogens is 126 g/mol. The molecule has 1 fully saturated rings. The molecule has 2 N–H and O–H groups in total. The lowest BCUT2D eigenvalue weighted by atomic mass is 10.2. The molecule has 0 atom stereocenters. The smallest absolute Gasteiger partial charge is 0.204 e. The van der Waals surface area contributed by atoms with Gasteiger partial charge in [0.25, 0.3) is 0 Å². The van der Waals surface area contributed by atoms with Crippen molar-refractivity contribution >= 4 is 6.41 Å². The Bertz CT molecular complexity index is 54.0. The second-order valence-corrected chi connectivity index (χ2v) is 2.61. The van der Waals surface area contributed by atoms with Crippen LogP contribution in [0.25, 0.3) is 0 Å². The summed E-state index contributed by atoms with van der Waals surface area (Å²) in [4.78, 5) is 8.58. The highest BCUT2D eigenvalue weighted by molar-refractivity contribution is 5.42. The van der Waals surface area contributed by atoms with Gasteiger partial charge in [0, 0.05) is 0 Å². The van der Waals surface area contributed by atoms with Gasteiger partial charge in [-0.3, -0.25) is 4.79 Å². The van der Waals surface area contributed by atoms with Gasteiger partial charge in [-0.05, 0) is 0 Å². The second kappa shape index (κ2) is 8.47. The molecule has 0 aromatic rings. The van der Waals surface area contributed by atoms with E-state index in [0.717, 1.165) is 0 Å². The van der Waals surface area contributed by atoms with E-state index in [1.54, 1.807) is 0 Å². The van der Waals surface area contributed by atoms with Crippen LogP contribution in [0.3, 0.4) is 0 Å². The quantitative estimate of drug-likeness (QED) is 0.408. The largest absolute Gasteiger partial charge is 0.372 e. The first-order valence-corrected chi connectivity index (χ1v) is 4.07. The van der Waals surface area contributed by atoms with E-state index in [1.807, 2.05) is 0 Å². The highest BCUT2D eigenvalue weighted by Crippen LogP contribution is 2.15. The lowest BCUT2D eigenvalue weighted by Gasteiger charge is -1.85. The van der Waals surface area contributed by atoms with Crippen LogP contribution < -0.4 is 5.73 Å². The molecule has 0 aromatic carbocycles. The van der Waals surface area contributed by atoms with E-state index in [0.29, 0.717) is 0 Å². The third-order valence-electron chi connectivity index (χ3n) is 1.75. The molecule has 0 saturated heterocycles. The minimum Gasteiger partial charge on any atom is -0.372 e. The Labute approximate surface area is 62.8 Å². The van der Waals surface area contributed by atoms with Crippen LogP contribution in [0.2, 0.25) is 0 Å². The summed E-state index contributed by atoms with van der Waals surface area (Å²) in [5.74, 6) is 0. The SMILES string of the molecule is C1CCCCCC1.NC=O. The molecule has 1 aliphatic rings. The predicted octanol–water partition coefficient (Wildman–Crippen LogP) is 1.83. The lowest BCUT2D eigenvalue weighted by molar-refractivity contribution is -0.106. The van der Waals surface area contributed by atoms with Gasteiger partial charge in [-0.2, -0.15) is 0 Å². The maximum Gasteiger partial charge on any atom is 0.204 e. The molecule has 2 nitrogen and oxygen atoms in total. The standard InChI is InChI=1S/C7H14.CH3NO/c1-2-4-6-7-5-3-1;2-1-3/h1-7H2;1H,(H2,2,3). The van der Waals surface area contributed by atoms with Crippen LogP contribution in [0.5, 0.6) is 0 Å². The van der Waals surface area contributed by atoms with Gasteiger partial charge >= 0.3 is 0 Å². The van der Waals surface area contributed by atoms with Crippen LogP contribution in [0.4, 0.5) is 0 Å². The number of carbonyl (C=O) groups excluding carboxylic acids is 1. The molecule has 0 spiro atoms. The van der Waals surface area contributed by atoms with E-state index in [2.05, 4.69) is 5.73 Å². The van der Waals surface area contributed by atoms with E-state index >= 15 is 0 Å². The van der Waals surface area contributed by atoms with Crippen molar-refractivity contribution in [3.8, 4) is 0 Å². The molecule has 2 heteroatoms. The molecule has 0 heterocycles. The van der Waals surface area contributed by atoms with E-state index in [4.69, 9.17) is 4.79 Å². The van der Waals surface area contributed by atoms with Gasteiger partial charge in [0.1, 0.15) is 0 Å². The summed E-state index contributed by atoms with van der Waals surface area (Å²) in [5, 5.41) is 0. The normalized spacial score (nSPS) is 18.0. The topological polar surface area (TPSA) is 43.1 Å². The van der Waals surface area contributed by atoms with Gasteiger partial charge in [-0.1, -0.05) is 44.9 Å². The van der Waals surface area contributed by atoms with Crippen LogP contribution in [0.1, 0.15) is 44.9 Å². The summed E-state index contributed by atoms with van der Waals surface area (Å²) in [7, 11) is 0. The van der Waals surface area contributed by atoms with Crippen molar-refractivity contribution in [3.05, 3.63) is 0 Å². The van der Waals surface area contributed by atoms with Crippen LogP contribution in [0, 0.1) is 0 Å². The number of primary amides is 1. The van der Waals surface area contributed by atoms with Gasteiger partial charge in [-0.25, -0.2) is 0 Å². The van der Waals surface area contributed by atoms with Gasteiger partial charge < -0.3 is 5.73 Å². The van der Waals surface area contributed by atoms with Crippen molar-refractivity contribution in [3.63, 3.8) is 0 Å². The molecule has 0 radical (unpaired) electrons. The number of hydrogen-bond acceptors (Lipinski definition) is 1. The summed E-state index contributed by atoms with van der Waals surface area (Å²) >= 11 is 0. The number of carbonyl (C=O) groups is 1. The van der Waals surface area contributed by atoms with Crippen molar-refractivity contribution in [1.82, 2.24) is 0 Å². The van der Waals surface area contributed by atoms with Crippen molar-refractivity contribution in [2.75, 3.05) is 0 Å². The van der Waals surface area contributed by atoms with Crippen LogP contribution in [-0.4, -0.2) is 6.41 Å². The molecule has 0 aromatic heterocycles. The van der Waals surface area contributed by atoms with E-state index in [-0.39, 0.29) is 6.41 Å². The predicted molar refractivity (Wildman–Crippen MR) is 42.6 cm³/mol. The summed E-state index contributed by atoms with van der Waals surface area (Å²) in [6, 6.07) is 0. The van der Waals surface area contributed by atoms with Crippen LogP contribution in [-0.2, 0) is 4.79 Å². The maximum atomic E-state index is 8.58. The molecule has 1 saturated carbocycles. The zero-order chi connectivity index (χ0) is 7.66. The molecule has 0 bridgehead atoms. The molecule has 60 valence electrons. The van der Waals surface area contributed by atoms with Gasteiger partial charge in [0.2, 0.25) is 6.41 Å². The summed E-state index contributed by atoms with van der Waals surface area (Å²) in [6.45, 7) is 0. The highest BCUT2D eigenvalue weighted by Gasteiger charge is 1.95. The molecule has 1 amide bonds. The fraction of sp³-hybridized carbons (Fsp3) is 0.875. The zero-order valence-corrected chi connectivity index (χ0v) is 6.51. The Balaban J connectivity index is 0.000000236. The molecule has 1 aliphatic carbocycles. The molecule has 0 aliphatic heterocycles. The van der Waals surface area contributed by atoms with E-state index < -0.39 is 0 Å². The van der Waals surface area contributed by atoms with Gasteiger partial charge in [-0.15, -0.1) is 0 Å². The Hall–Kier alpha value is -0.530. The van der Waals surface area contributed by atoms with E-state index in [1.165, 1.54) is 44.9 Å². The van der Waals surface area contributed by atoms with Gasteiger partial charge in [0.05, 0.1) is 0 Å². The Morgan fingerprint density at radius 2 is 0.900 bits per heavy atom. The summed E-state index contributed by atoms with van der Waals surface area (Å²) in [5.41, 5.74) is 4.17. The summed E-state index contributed by atoms with van der Waals surface area (Å²) in [6.07, 6.45) is 10.8. The maximum absolute atomic E-state index is 8.58. The third kappa shape index (κ3) is 7.47. The lowest BCUT2D eigenvalue weighted by Crippen LogP contribution is -1.82. The summed E-state index contributed by atoms with van der Waals surface area (Å²) < 4.78 is 0. The van der Waals surface area contributed by atoms with Crippen LogP contribution >= 0.6 is 0 Å². The third-order valence-corrected chi connectivity index (χ3v) is 1.75. The molecule has 0 unspecified atom stereocenters. The molecular formula is C8H17NO. The Kier molecular flexibility index (Phi) is 8.02. The highest BCUT2D eigenvalue weighted by atomic mass is 16.1. The van der Waals surface area contributed by atoms with Crippen molar-refractivity contribution in [1.29, 1.82) is 0 Å². The van der Waals surface area contributed by atoms with Crippen molar-refractivity contribution in [2.45, 2.75) is 44.9 Å².